The molecule has 0 radical (unpaired) electrons. The van der Waals surface area contributed by atoms with E-state index in [1.54, 1.807) is 0 Å². The molecular weight excluding hydrogens is 804 g/mol. The van der Waals surface area contributed by atoms with Gasteiger partial charge >= 0.3 is 0 Å². The zero-order valence-electron chi connectivity index (χ0n) is 41.2. The molecule has 0 aliphatic carbocycles. The van der Waals surface area contributed by atoms with Gasteiger partial charge in [-0.2, -0.15) is 0 Å². The summed E-state index contributed by atoms with van der Waals surface area (Å²) < 4.78 is 23.3. The first kappa shape index (κ1) is 60.7. The van der Waals surface area contributed by atoms with Crippen molar-refractivity contribution in [3.63, 3.8) is 0 Å². The predicted molar refractivity (Wildman–Crippen MR) is 270 cm³/mol. The van der Waals surface area contributed by atoms with Crippen molar-refractivity contribution in [2.45, 2.75) is 212 Å². The number of likely N-dealkylation sites (N-methyl/N-ethyl adjacent to an activating group) is 1. The standard InChI is InChI=1S/C54H97N2O6P/c1-6-8-10-12-14-16-18-20-22-24-25-26-27-28-29-30-31-32-34-36-38-40-42-44-46-48-54(58)55-52(51-62-63(59,60)61-50-49-56(3,4)5)53(57)47-45-43-41-39-37-35-33-23-21-19-17-15-13-11-9-7-2/h8,10,14,16,20,22,25-26,28-29,31-32,36,38,52-53,57H,6-7,9,11-13,15,17-19,21,23-24,27,30,33-35,37,39-51H2,1-5H3,(H-,55,58,59,60)/b10-8-,16-14-,22-20-,26-25-,29-28-,32-31-,38-36-. The summed E-state index contributed by atoms with van der Waals surface area (Å²) in [5.41, 5.74) is 0. The lowest BCUT2D eigenvalue weighted by Gasteiger charge is -2.30. The molecule has 3 unspecified atom stereocenters. The lowest BCUT2D eigenvalue weighted by atomic mass is 10.0. The van der Waals surface area contributed by atoms with E-state index in [9.17, 15) is 19.4 Å². The van der Waals surface area contributed by atoms with Crippen LogP contribution in [0.25, 0.3) is 0 Å². The fraction of sp³-hybridized carbons (Fsp3) is 0.722. The van der Waals surface area contributed by atoms with Crippen molar-refractivity contribution >= 4 is 13.7 Å². The van der Waals surface area contributed by atoms with Crippen LogP contribution in [-0.4, -0.2) is 68.5 Å². The maximum atomic E-state index is 12.9. The molecule has 0 aromatic carbocycles. The highest BCUT2D eigenvalue weighted by Gasteiger charge is 2.24. The molecule has 0 fully saturated rings. The number of phosphoric acid groups is 1. The van der Waals surface area contributed by atoms with Crippen LogP contribution in [0.5, 0.6) is 0 Å². The highest BCUT2D eigenvalue weighted by Crippen LogP contribution is 2.38. The maximum absolute atomic E-state index is 12.9. The molecule has 2 N–H and O–H groups in total. The Kier molecular flexibility index (Phi) is 43.2. The molecule has 3 atom stereocenters. The fourth-order valence-corrected chi connectivity index (χ4v) is 7.62. The first-order chi connectivity index (χ1) is 30.5. The highest BCUT2D eigenvalue weighted by atomic mass is 31.2. The van der Waals surface area contributed by atoms with Crippen LogP contribution in [-0.2, 0) is 18.4 Å². The Morgan fingerprint density at radius 3 is 1.40 bits per heavy atom. The normalized spacial score (nSPS) is 14.8. The molecule has 0 saturated heterocycles. The van der Waals surface area contributed by atoms with E-state index in [-0.39, 0.29) is 19.1 Å². The Morgan fingerprint density at radius 2 is 0.968 bits per heavy atom. The van der Waals surface area contributed by atoms with Gasteiger partial charge in [-0.25, -0.2) is 0 Å². The van der Waals surface area contributed by atoms with E-state index in [2.05, 4.69) is 104 Å². The van der Waals surface area contributed by atoms with Crippen molar-refractivity contribution in [2.75, 3.05) is 40.9 Å². The van der Waals surface area contributed by atoms with Crippen LogP contribution in [0.4, 0.5) is 0 Å². The molecule has 0 aliphatic rings. The molecule has 0 heterocycles. The molecule has 0 spiro atoms. The Balaban J connectivity index is 4.37. The second-order valence-electron chi connectivity index (χ2n) is 18.1. The quantitative estimate of drug-likeness (QED) is 0.0273. The number of rotatable bonds is 45. The van der Waals surface area contributed by atoms with Crippen molar-refractivity contribution in [1.29, 1.82) is 0 Å². The summed E-state index contributed by atoms with van der Waals surface area (Å²) in [5.74, 6) is -0.200. The lowest BCUT2D eigenvalue weighted by molar-refractivity contribution is -0.870. The van der Waals surface area contributed by atoms with Gasteiger partial charge in [0.2, 0.25) is 5.91 Å². The minimum absolute atomic E-state index is 0.000741. The Bertz CT molecular complexity index is 1300. The van der Waals surface area contributed by atoms with Gasteiger partial charge in [0, 0.05) is 6.42 Å². The van der Waals surface area contributed by atoms with Gasteiger partial charge in [-0.3, -0.25) is 9.36 Å². The van der Waals surface area contributed by atoms with E-state index < -0.39 is 20.0 Å². The van der Waals surface area contributed by atoms with Crippen molar-refractivity contribution in [3.05, 3.63) is 85.1 Å². The van der Waals surface area contributed by atoms with E-state index in [0.717, 1.165) is 89.9 Å². The number of hydrogen-bond acceptors (Lipinski definition) is 6. The van der Waals surface area contributed by atoms with E-state index in [1.807, 2.05) is 21.1 Å². The SMILES string of the molecule is CC/C=C\C/C=C\C/C=C\C/C=C\C/C=C\C/C=C\C/C=C\CCCCCC(=O)NC(COP(=O)([O-])OCC[N+](C)(C)C)C(O)CCCCCCCCCCCCCCCCCC. The average molecular weight is 901 g/mol. The number of carbonyl (C=O) groups excluding carboxylic acids is 1. The van der Waals surface area contributed by atoms with Crippen LogP contribution in [0, 0.1) is 0 Å². The number of amides is 1. The summed E-state index contributed by atoms with van der Waals surface area (Å²) in [6.45, 7) is 4.57. The van der Waals surface area contributed by atoms with Gasteiger partial charge in [-0.05, 0) is 70.6 Å². The molecule has 0 saturated carbocycles. The molecule has 364 valence electrons. The average Bonchev–Trinajstić information content (AvgIpc) is 3.24. The molecule has 0 aromatic rings. The Labute approximate surface area is 388 Å². The summed E-state index contributed by atoms with van der Waals surface area (Å²) in [4.78, 5) is 25.4. The first-order valence-electron chi connectivity index (χ1n) is 25.4. The third-order valence-corrected chi connectivity index (χ3v) is 11.9. The number of carbonyl (C=O) groups is 1. The van der Waals surface area contributed by atoms with E-state index in [0.29, 0.717) is 23.9 Å². The van der Waals surface area contributed by atoms with E-state index in [4.69, 9.17) is 9.05 Å². The second-order valence-corrected chi connectivity index (χ2v) is 19.6. The third-order valence-electron chi connectivity index (χ3n) is 10.9. The number of aliphatic hydroxyl groups excluding tert-OH is 1. The monoisotopic (exact) mass is 901 g/mol. The summed E-state index contributed by atoms with van der Waals surface area (Å²) in [6, 6.07) is -0.824. The number of phosphoric ester groups is 1. The summed E-state index contributed by atoms with van der Waals surface area (Å²) in [6.07, 6.45) is 61.6. The van der Waals surface area contributed by atoms with E-state index in [1.165, 1.54) is 83.5 Å². The largest absolute Gasteiger partial charge is 0.756 e. The number of allylic oxidation sites excluding steroid dienone is 14. The van der Waals surface area contributed by atoms with Gasteiger partial charge in [0.05, 0.1) is 39.9 Å². The Hall–Kier alpha value is -2.32. The lowest BCUT2D eigenvalue weighted by Crippen LogP contribution is -2.46. The van der Waals surface area contributed by atoms with Crippen molar-refractivity contribution in [1.82, 2.24) is 5.32 Å². The minimum atomic E-state index is -4.58. The van der Waals surface area contributed by atoms with Gasteiger partial charge in [-0.1, -0.05) is 208 Å². The molecule has 0 rings (SSSR count). The van der Waals surface area contributed by atoms with Crippen LogP contribution in [0.2, 0.25) is 0 Å². The van der Waals surface area contributed by atoms with Gasteiger partial charge in [0.25, 0.3) is 7.82 Å². The molecule has 9 heteroatoms. The third kappa shape index (κ3) is 47.5. The summed E-state index contributed by atoms with van der Waals surface area (Å²) in [5, 5.41) is 13.9. The zero-order chi connectivity index (χ0) is 46.4. The van der Waals surface area contributed by atoms with Gasteiger partial charge < -0.3 is 28.8 Å². The minimum Gasteiger partial charge on any atom is -0.756 e. The summed E-state index contributed by atoms with van der Waals surface area (Å²) in [7, 11) is 1.27. The Morgan fingerprint density at radius 1 is 0.571 bits per heavy atom. The fourth-order valence-electron chi connectivity index (χ4n) is 6.90. The second kappa shape index (κ2) is 44.9. The predicted octanol–water partition coefficient (Wildman–Crippen LogP) is 14.3. The molecular formula is C54H97N2O6P. The number of nitrogens with one attached hydrogen (secondary N) is 1. The molecule has 63 heavy (non-hydrogen) atoms. The van der Waals surface area contributed by atoms with Crippen LogP contribution in [0.3, 0.4) is 0 Å². The van der Waals surface area contributed by atoms with Crippen LogP contribution in [0.15, 0.2) is 85.1 Å². The summed E-state index contributed by atoms with van der Waals surface area (Å²) >= 11 is 0. The molecule has 8 nitrogen and oxygen atoms in total. The smallest absolute Gasteiger partial charge is 0.268 e. The zero-order valence-corrected chi connectivity index (χ0v) is 42.1. The first-order valence-corrected chi connectivity index (χ1v) is 26.9. The van der Waals surface area contributed by atoms with Crippen molar-refractivity contribution in [3.8, 4) is 0 Å². The van der Waals surface area contributed by atoms with Crippen LogP contribution < -0.4 is 10.2 Å². The van der Waals surface area contributed by atoms with Crippen LogP contribution in [0.1, 0.15) is 200 Å². The van der Waals surface area contributed by atoms with Crippen molar-refractivity contribution < 1.29 is 32.9 Å². The van der Waals surface area contributed by atoms with E-state index >= 15 is 0 Å². The molecule has 0 bridgehead atoms. The molecule has 0 aliphatic heterocycles. The topological polar surface area (TPSA) is 108 Å². The number of nitrogens with zero attached hydrogens (tertiary/aromatic N) is 1. The van der Waals surface area contributed by atoms with Gasteiger partial charge in [0.1, 0.15) is 13.2 Å². The molecule has 1 amide bonds. The van der Waals surface area contributed by atoms with Crippen molar-refractivity contribution in [2.24, 2.45) is 0 Å². The number of hydrogen-bond donors (Lipinski definition) is 2. The maximum Gasteiger partial charge on any atom is 0.268 e. The number of unbranched alkanes of at least 4 members (excludes halogenated alkanes) is 18. The number of quaternary nitrogens is 1. The van der Waals surface area contributed by atoms with Crippen LogP contribution >= 0.6 is 7.82 Å². The van der Waals surface area contributed by atoms with Gasteiger partial charge in [0.15, 0.2) is 0 Å². The molecule has 0 aromatic heterocycles. The highest BCUT2D eigenvalue weighted by molar-refractivity contribution is 7.45. The number of aliphatic hydroxyl groups is 1. The van der Waals surface area contributed by atoms with Gasteiger partial charge in [-0.15, -0.1) is 0 Å².